The second kappa shape index (κ2) is 6.79. The Morgan fingerprint density at radius 3 is 2.48 bits per heavy atom. The molecule has 2 aromatic rings. The predicted octanol–water partition coefficient (Wildman–Crippen LogP) is 2.62. The van der Waals surface area contributed by atoms with E-state index in [2.05, 4.69) is 16.0 Å². The number of hydrogen-bond donors (Lipinski definition) is 1. The van der Waals surface area contributed by atoms with Crippen LogP contribution >= 0.6 is 0 Å². The largest absolute Gasteiger partial charge is 0.396 e. The molecular formula is C15H15F2O5S+. The van der Waals surface area contributed by atoms with Crippen LogP contribution in [0.2, 0.25) is 0 Å². The number of alkyl halides is 2. The van der Waals surface area contributed by atoms with Crippen LogP contribution in [0.3, 0.4) is 0 Å². The third-order valence-corrected chi connectivity index (χ3v) is 4.38. The molecule has 0 bridgehead atoms. The fourth-order valence-corrected chi connectivity index (χ4v) is 2.36. The van der Waals surface area contributed by atoms with Gasteiger partial charge in [0.25, 0.3) is 0 Å². The van der Waals surface area contributed by atoms with E-state index in [0.717, 1.165) is 10.8 Å². The molecule has 0 aliphatic heterocycles. The van der Waals surface area contributed by atoms with Crippen LogP contribution in [0.1, 0.15) is 11.7 Å². The van der Waals surface area contributed by atoms with E-state index in [1.54, 1.807) is 18.2 Å². The van der Waals surface area contributed by atoms with E-state index < -0.39 is 34.7 Å². The van der Waals surface area contributed by atoms with E-state index in [4.69, 9.17) is 0 Å². The molecule has 23 heavy (non-hydrogen) atoms. The smallest absolute Gasteiger partial charge is 0.386 e. The van der Waals surface area contributed by atoms with Crippen molar-refractivity contribution < 1.29 is 31.2 Å². The summed E-state index contributed by atoms with van der Waals surface area (Å²) in [6, 6.07) is 12.6. The second-order valence-corrected chi connectivity index (χ2v) is 6.59. The van der Waals surface area contributed by atoms with E-state index in [1.165, 1.54) is 0 Å². The lowest BCUT2D eigenvalue weighted by molar-refractivity contribution is -0.0466. The summed E-state index contributed by atoms with van der Waals surface area (Å²) in [6.07, 6.45) is -1.17. The molecule has 5 nitrogen and oxygen atoms in total. The summed E-state index contributed by atoms with van der Waals surface area (Å²) >= 11 is 0. The van der Waals surface area contributed by atoms with Gasteiger partial charge in [0.2, 0.25) is 7.11 Å². The fraction of sp³-hybridized carbons (Fsp3) is 0.267. The first-order valence-corrected chi connectivity index (χ1v) is 7.98. The van der Waals surface area contributed by atoms with E-state index in [-0.39, 0.29) is 0 Å². The van der Waals surface area contributed by atoms with Gasteiger partial charge in [0.1, 0.15) is 12.7 Å². The number of aliphatic hydroxyl groups is 1. The molecule has 1 N–H and O–H groups in total. The molecule has 0 aromatic heterocycles. The minimum atomic E-state index is -5.14. The molecule has 0 fully saturated rings. The van der Waals surface area contributed by atoms with Gasteiger partial charge in [-0.05, 0) is 22.4 Å². The van der Waals surface area contributed by atoms with Crippen molar-refractivity contribution in [2.24, 2.45) is 0 Å². The van der Waals surface area contributed by atoms with Gasteiger partial charge >= 0.3 is 15.4 Å². The highest BCUT2D eigenvalue weighted by Gasteiger charge is 2.48. The monoisotopic (exact) mass is 345 g/mol. The average Bonchev–Trinajstić information content (AvgIpc) is 2.53. The van der Waals surface area contributed by atoms with Gasteiger partial charge in [-0.25, -0.2) is 0 Å². The van der Waals surface area contributed by atoms with Crippen molar-refractivity contribution in [2.45, 2.75) is 11.4 Å². The number of benzene rings is 2. The molecule has 1 atom stereocenters. The Labute approximate surface area is 132 Å². The Kier molecular flexibility index (Phi) is 5.20. The summed E-state index contributed by atoms with van der Waals surface area (Å²) in [5, 5.41) is 7.58. The third kappa shape index (κ3) is 3.97. The summed E-state index contributed by atoms with van der Waals surface area (Å²) in [5.74, 6) is 0. The van der Waals surface area contributed by atoms with Crippen molar-refractivity contribution in [1.82, 2.24) is 0 Å². The van der Waals surface area contributed by atoms with Crippen molar-refractivity contribution in [3.8, 4) is 0 Å². The van der Waals surface area contributed by atoms with Crippen LogP contribution < -0.4 is 0 Å². The second-order valence-electron chi connectivity index (χ2n) is 4.85. The van der Waals surface area contributed by atoms with E-state index in [9.17, 15) is 22.3 Å². The van der Waals surface area contributed by atoms with E-state index >= 15 is 0 Å². The summed E-state index contributed by atoms with van der Waals surface area (Å²) in [4.78, 5) is 0. The lowest BCUT2D eigenvalue weighted by Gasteiger charge is -2.16. The van der Waals surface area contributed by atoms with Crippen LogP contribution in [0.4, 0.5) is 8.78 Å². The highest BCUT2D eigenvalue weighted by atomic mass is 32.2. The summed E-state index contributed by atoms with van der Waals surface area (Å²) in [7, 11) is -2.67. The first-order chi connectivity index (χ1) is 10.8. The van der Waals surface area contributed by atoms with Crippen LogP contribution in [0.15, 0.2) is 42.5 Å². The molecule has 0 saturated carbocycles. The quantitative estimate of drug-likeness (QED) is 0.617. The number of ether oxygens (including phenoxy) is 1. The molecule has 1 unspecified atom stereocenters. The van der Waals surface area contributed by atoms with Crippen LogP contribution in [-0.4, -0.2) is 32.0 Å². The van der Waals surface area contributed by atoms with Crippen molar-refractivity contribution in [3.05, 3.63) is 55.1 Å². The molecule has 2 rings (SSSR count). The number of rotatable bonds is 7. The molecule has 124 valence electrons. The number of aliphatic hydroxyl groups excluding tert-OH is 1. The maximum atomic E-state index is 13.3. The van der Waals surface area contributed by atoms with Crippen LogP contribution in [0.5, 0.6) is 0 Å². The van der Waals surface area contributed by atoms with Crippen molar-refractivity contribution >= 4 is 20.9 Å². The fourth-order valence-electron chi connectivity index (χ4n) is 1.96. The molecule has 2 aromatic carbocycles. The molecular weight excluding hydrogens is 330 g/mol. The number of halogens is 2. The van der Waals surface area contributed by atoms with E-state index in [0.29, 0.717) is 5.56 Å². The standard InChI is InChI=1S/C15H15F2O5S/c1-21-23(19,20)15(16,17)10-22-9-14(18)13-7-6-11-4-2-3-5-12(11)8-13/h2-8,14,18H,1,9-10H2/q+1. The zero-order chi connectivity index (χ0) is 17.1. The topological polar surface area (TPSA) is 72.8 Å². The molecule has 0 aliphatic rings. The van der Waals surface area contributed by atoms with Gasteiger partial charge in [0, 0.05) is 0 Å². The Balaban J connectivity index is 2.00. The van der Waals surface area contributed by atoms with Gasteiger partial charge in [0.05, 0.1) is 6.61 Å². The zero-order valence-electron chi connectivity index (χ0n) is 12.0. The minimum absolute atomic E-state index is 0.475. The van der Waals surface area contributed by atoms with Crippen LogP contribution in [0.25, 0.3) is 10.8 Å². The highest BCUT2D eigenvalue weighted by molar-refractivity contribution is 7.87. The SMILES string of the molecule is [CH2+]OS(=O)(=O)C(F)(F)COCC(O)c1ccc2ccccc2c1. The van der Waals surface area contributed by atoms with Crippen LogP contribution in [-0.2, 0) is 19.0 Å². The summed E-state index contributed by atoms with van der Waals surface area (Å²) in [5.41, 5.74) is 0.475. The molecule has 0 radical (unpaired) electrons. The van der Waals surface area contributed by atoms with Crippen molar-refractivity contribution in [3.63, 3.8) is 0 Å². The van der Waals surface area contributed by atoms with E-state index in [1.807, 2.05) is 24.3 Å². The zero-order valence-corrected chi connectivity index (χ0v) is 12.8. The maximum Gasteiger partial charge on any atom is 0.396 e. The molecule has 0 amide bonds. The number of hydrogen-bond acceptors (Lipinski definition) is 5. The molecule has 0 heterocycles. The normalized spacial score (nSPS) is 14.0. The summed E-state index contributed by atoms with van der Waals surface area (Å²) in [6.45, 7) is -1.92. The number of fused-ring (bicyclic) bond motifs is 1. The van der Waals surface area contributed by atoms with Crippen molar-refractivity contribution in [2.75, 3.05) is 13.2 Å². The van der Waals surface area contributed by atoms with Gasteiger partial charge in [-0.15, -0.1) is 0 Å². The maximum absolute atomic E-state index is 13.3. The molecule has 8 heteroatoms. The van der Waals surface area contributed by atoms with Gasteiger partial charge in [0.15, 0.2) is 0 Å². The Hall–Kier alpha value is -1.74. The minimum Gasteiger partial charge on any atom is -0.386 e. The predicted molar refractivity (Wildman–Crippen MR) is 80.0 cm³/mol. The van der Waals surface area contributed by atoms with Crippen molar-refractivity contribution in [1.29, 1.82) is 0 Å². The lowest BCUT2D eigenvalue weighted by Crippen LogP contribution is -2.35. The Morgan fingerprint density at radius 2 is 1.83 bits per heavy atom. The van der Waals surface area contributed by atoms with Gasteiger partial charge < -0.3 is 9.84 Å². The molecule has 0 spiro atoms. The first-order valence-electron chi connectivity index (χ1n) is 6.57. The Morgan fingerprint density at radius 1 is 1.17 bits per heavy atom. The van der Waals surface area contributed by atoms with Gasteiger partial charge in [-0.1, -0.05) is 40.6 Å². The van der Waals surface area contributed by atoms with Gasteiger partial charge in [-0.3, -0.25) is 0 Å². The van der Waals surface area contributed by atoms with Crippen LogP contribution in [0, 0.1) is 7.11 Å². The molecule has 0 saturated heterocycles. The summed E-state index contributed by atoms with van der Waals surface area (Å²) < 4.78 is 56.6. The van der Waals surface area contributed by atoms with Gasteiger partial charge in [-0.2, -0.15) is 17.2 Å². The first kappa shape index (κ1) is 17.6. The third-order valence-electron chi connectivity index (χ3n) is 3.23. The Bertz CT molecular complexity index is 776. The average molecular weight is 345 g/mol. The molecule has 0 aliphatic carbocycles. The highest BCUT2D eigenvalue weighted by Crippen LogP contribution is 2.25. The lowest BCUT2D eigenvalue weighted by atomic mass is 10.0.